The number of aromatic nitrogens is 2. The Labute approximate surface area is 209 Å². The normalized spacial score (nSPS) is 17.5. The van der Waals surface area contributed by atoms with Gasteiger partial charge in [-0.05, 0) is 37.1 Å². The molecule has 1 saturated heterocycles. The topological polar surface area (TPSA) is 131 Å². The van der Waals surface area contributed by atoms with Gasteiger partial charge in [0.15, 0.2) is 11.5 Å². The molecular weight excluding hydrogens is 523 g/mol. The summed E-state index contributed by atoms with van der Waals surface area (Å²) in [5, 5.41) is 9.31. The molecule has 1 aromatic heterocycles. The van der Waals surface area contributed by atoms with Crippen LogP contribution in [0.2, 0.25) is 0 Å². The lowest BCUT2D eigenvalue weighted by atomic mass is 10.1. The number of benzene rings is 1. The Morgan fingerprint density at radius 3 is 2.57 bits per heavy atom. The summed E-state index contributed by atoms with van der Waals surface area (Å²) >= 11 is 0. The first-order valence-corrected chi connectivity index (χ1v) is 13.0. The Kier molecular flexibility index (Phi) is 8.17. The summed E-state index contributed by atoms with van der Waals surface area (Å²) in [5.41, 5.74) is 2.88. The summed E-state index contributed by atoms with van der Waals surface area (Å²) in [6, 6.07) is 5.46. The van der Waals surface area contributed by atoms with Crippen LogP contribution < -0.4 is 16.0 Å². The van der Waals surface area contributed by atoms with Gasteiger partial charge < -0.3 is 16.0 Å². The van der Waals surface area contributed by atoms with Crippen molar-refractivity contribution in [2.75, 3.05) is 36.1 Å². The van der Waals surface area contributed by atoms with Gasteiger partial charge in [0.05, 0.1) is 21.8 Å². The summed E-state index contributed by atoms with van der Waals surface area (Å²) in [7, 11) is -3.23. The van der Waals surface area contributed by atoms with Gasteiger partial charge in [-0.1, -0.05) is 6.07 Å². The van der Waals surface area contributed by atoms with Gasteiger partial charge in [-0.15, -0.1) is 10.2 Å². The van der Waals surface area contributed by atoms with Crippen molar-refractivity contribution in [1.82, 2.24) is 10.2 Å². The number of carbonyl (C=O) groups is 2. The van der Waals surface area contributed by atoms with E-state index in [0.29, 0.717) is 0 Å². The van der Waals surface area contributed by atoms with E-state index in [0.717, 1.165) is 6.92 Å². The molecule has 1 aliphatic rings. The van der Waals surface area contributed by atoms with Gasteiger partial charge in [-0.3, -0.25) is 9.59 Å². The third-order valence-corrected chi connectivity index (χ3v) is 7.37. The van der Waals surface area contributed by atoms with Gasteiger partial charge in [-0.25, -0.2) is 13.0 Å². The van der Waals surface area contributed by atoms with Gasteiger partial charge in [0, 0.05) is 42.8 Å². The van der Waals surface area contributed by atoms with E-state index in [1.165, 1.54) is 35.4 Å². The van der Waals surface area contributed by atoms with Crippen molar-refractivity contribution in [3.63, 3.8) is 0 Å². The van der Waals surface area contributed by atoms with Gasteiger partial charge in [0.25, 0.3) is 11.8 Å². The molecule has 202 valence electrons. The van der Waals surface area contributed by atoms with Gasteiger partial charge in [0.1, 0.15) is 0 Å². The smallest absolute Gasteiger partial charge is 0.354 e. The first-order chi connectivity index (χ1) is 17.1. The van der Waals surface area contributed by atoms with Crippen LogP contribution in [0.4, 0.5) is 33.5 Å². The number of carbonyl (C=O) groups excluding carboxylic acids is 2. The molecule has 1 atom stereocenters. The molecule has 0 spiro atoms. The minimum Gasteiger partial charge on any atom is -0.354 e. The predicted molar refractivity (Wildman–Crippen MR) is 126 cm³/mol. The minimum atomic E-state index is -4.92. The maximum Gasteiger partial charge on any atom is 0.435 e. The Hall–Kier alpha value is -3.20. The molecule has 37 heavy (non-hydrogen) atoms. The van der Waals surface area contributed by atoms with Gasteiger partial charge >= 0.3 is 6.18 Å². The highest BCUT2D eigenvalue weighted by Gasteiger charge is 2.39. The number of nitrogens with one attached hydrogen (secondary N) is 1. The van der Waals surface area contributed by atoms with E-state index >= 15 is 0 Å². The molecule has 1 aliphatic heterocycles. The lowest BCUT2D eigenvalue weighted by molar-refractivity contribution is -0.142. The van der Waals surface area contributed by atoms with Crippen LogP contribution in [0.15, 0.2) is 33.5 Å². The highest BCUT2D eigenvalue weighted by atomic mass is 32.2. The fraction of sp³-hybridized carbons (Fsp3) is 0.455. The number of hydrogen-bond acceptors (Lipinski definition) is 7. The zero-order valence-electron chi connectivity index (χ0n) is 19.9. The van der Waals surface area contributed by atoms with Gasteiger partial charge in [0.2, 0.25) is 5.92 Å². The SMILES string of the molecule is Cc1c(C(F)(F)F)nnc(N2CCCC(F)(F)CC2)c1C(=O)Nc1cccc(S(C)(=O)=NC(=O)CN)c1. The molecule has 2 heterocycles. The molecule has 2 aromatic rings. The maximum atomic E-state index is 13.9. The van der Waals surface area contributed by atoms with Crippen LogP contribution >= 0.6 is 0 Å². The number of halogens is 5. The molecule has 1 aromatic carbocycles. The van der Waals surface area contributed by atoms with E-state index < -0.39 is 69.8 Å². The second-order valence-corrected chi connectivity index (χ2v) is 10.8. The molecule has 2 amide bonds. The highest BCUT2D eigenvalue weighted by Crippen LogP contribution is 2.36. The minimum absolute atomic E-state index is 0.0355. The average molecular weight is 549 g/mol. The molecule has 1 unspecified atom stereocenters. The Morgan fingerprint density at radius 2 is 1.92 bits per heavy atom. The molecule has 0 saturated carbocycles. The van der Waals surface area contributed by atoms with E-state index in [1.807, 2.05) is 0 Å². The lowest BCUT2D eigenvalue weighted by Gasteiger charge is -2.25. The second kappa shape index (κ2) is 10.7. The fourth-order valence-corrected chi connectivity index (χ4v) is 5.08. The third kappa shape index (κ3) is 6.77. The highest BCUT2D eigenvalue weighted by molar-refractivity contribution is 7.93. The quantitative estimate of drug-likeness (QED) is 0.546. The molecule has 3 N–H and O–H groups in total. The lowest BCUT2D eigenvalue weighted by Crippen LogP contribution is -2.31. The van der Waals surface area contributed by atoms with Crippen molar-refractivity contribution in [2.24, 2.45) is 10.1 Å². The van der Waals surface area contributed by atoms with Crippen molar-refractivity contribution in [1.29, 1.82) is 0 Å². The molecule has 0 aliphatic carbocycles. The molecule has 1 fully saturated rings. The summed E-state index contributed by atoms with van der Waals surface area (Å²) in [6.07, 6.45) is -4.65. The number of nitrogens with two attached hydrogens (primary N) is 1. The van der Waals surface area contributed by atoms with Crippen molar-refractivity contribution >= 4 is 33.0 Å². The van der Waals surface area contributed by atoms with Crippen molar-refractivity contribution in [3.8, 4) is 0 Å². The summed E-state index contributed by atoms with van der Waals surface area (Å²) in [4.78, 5) is 26.2. The van der Waals surface area contributed by atoms with Crippen LogP contribution in [0.5, 0.6) is 0 Å². The van der Waals surface area contributed by atoms with Crippen molar-refractivity contribution in [3.05, 3.63) is 41.1 Å². The van der Waals surface area contributed by atoms with Crippen LogP contribution in [-0.2, 0) is 20.7 Å². The summed E-state index contributed by atoms with van der Waals surface area (Å²) in [6.45, 7) is 0.396. The van der Waals surface area contributed by atoms with E-state index in [-0.39, 0.29) is 35.9 Å². The molecule has 0 bridgehead atoms. The first kappa shape index (κ1) is 28.4. The number of amides is 2. The first-order valence-electron chi connectivity index (χ1n) is 11.1. The van der Waals surface area contributed by atoms with E-state index in [2.05, 4.69) is 19.9 Å². The van der Waals surface area contributed by atoms with Gasteiger partial charge in [-0.2, -0.15) is 17.5 Å². The van der Waals surface area contributed by atoms with Crippen LogP contribution in [0.25, 0.3) is 0 Å². The number of anilines is 2. The second-order valence-electron chi connectivity index (χ2n) is 8.54. The van der Waals surface area contributed by atoms with E-state index in [4.69, 9.17) is 5.73 Å². The molecule has 3 rings (SSSR count). The molecule has 15 heteroatoms. The Morgan fingerprint density at radius 1 is 1.22 bits per heavy atom. The standard InChI is InChI=1S/C22H25F5N6O3S/c1-13-17(20(35)29-14-5-3-6-15(11-14)37(2,36)32-16(34)12-28)19(31-30-18(13)22(25,26)27)33-9-4-7-21(23,24)8-10-33/h3,5-6,11H,4,7-10,12,28H2,1-2H3,(H,29,35). The van der Waals surface area contributed by atoms with Crippen LogP contribution in [0, 0.1) is 6.92 Å². The fourth-order valence-electron chi connectivity index (χ4n) is 3.83. The van der Waals surface area contributed by atoms with Crippen LogP contribution in [0.1, 0.15) is 40.9 Å². The number of rotatable bonds is 5. The number of hydrogen-bond donors (Lipinski definition) is 2. The monoisotopic (exact) mass is 548 g/mol. The zero-order valence-corrected chi connectivity index (χ0v) is 20.8. The maximum absolute atomic E-state index is 13.9. The van der Waals surface area contributed by atoms with Crippen molar-refractivity contribution < 1.29 is 35.8 Å². The summed E-state index contributed by atoms with van der Waals surface area (Å²) in [5.74, 6) is -5.00. The van der Waals surface area contributed by atoms with Crippen LogP contribution in [0.3, 0.4) is 0 Å². The predicted octanol–water partition coefficient (Wildman–Crippen LogP) is 3.62. The van der Waals surface area contributed by atoms with E-state index in [9.17, 15) is 35.8 Å². The molecule has 0 radical (unpaired) electrons. The molecule has 9 nitrogen and oxygen atoms in total. The zero-order chi connectivity index (χ0) is 27.6. The third-order valence-electron chi connectivity index (χ3n) is 5.69. The number of alkyl halides is 5. The Balaban J connectivity index is 2.04. The number of nitrogens with zero attached hydrogens (tertiary/aromatic N) is 4. The largest absolute Gasteiger partial charge is 0.435 e. The van der Waals surface area contributed by atoms with Crippen LogP contribution in [-0.4, -0.2) is 58.0 Å². The summed E-state index contributed by atoms with van der Waals surface area (Å²) < 4.78 is 84.8. The van der Waals surface area contributed by atoms with E-state index in [1.54, 1.807) is 0 Å². The Bertz CT molecular complexity index is 1320. The molecular formula is C22H25F5N6O3S. The van der Waals surface area contributed by atoms with Crippen molar-refractivity contribution in [2.45, 2.75) is 43.2 Å². The average Bonchev–Trinajstić information content (AvgIpc) is 2.98.